The van der Waals surface area contributed by atoms with E-state index in [4.69, 9.17) is 9.47 Å². The first-order chi connectivity index (χ1) is 14.0. The molecule has 0 saturated carbocycles. The molecule has 1 aromatic carbocycles. The molecule has 1 aromatic rings. The summed E-state index contributed by atoms with van der Waals surface area (Å²) in [5.74, 6) is 1.83. The van der Waals surface area contributed by atoms with Crippen LogP contribution in [-0.4, -0.2) is 66.6 Å². The average molecular weight is 398 g/mol. The van der Waals surface area contributed by atoms with Gasteiger partial charge in [-0.25, -0.2) is 0 Å². The van der Waals surface area contributed by atoms with Gasteiger partial charge in [0, 0.05) is 56.8 Å². The molecule has 1 N–H and O–H groups in total. The van der Waals surface area contributed by atoms with Crippen LogP contribution in [0.1, 0.15) is 36.3 Å². The maximum Gasteiger partial charge on any atom is 0.133 e. The van der Waals surface area contributed by atoms with E-state index in [9.17, 15) is 5.11 Å². The van der Waals surface area contributed by atoms with Gasteiger partial charge < -0.3 is 14.6 Å². The van der Waals surface area contributed by atoms with Crippen molar-refractivity contribution < 1.29 is 14.6 Å². The highest BCUT2D eigenvalue weighted by Gasteiger charge is 2.39. The fourth-order valence-electron chi connectivity index (χ4n) is 4.75. The van der Waals surface area contributed by atoms with Crippen molar-refractivity contribution in [1.29, 1.82) is 0 Å². The highest BCUT2D eigenvalue weighted by Crippen LogP contribution is 2.34. The number of benzene rings is 1. The van der Waals surface area contributed by atoms with Crippen LogP contribution in [0.25, 0.3) is 0 Å². The molecule has 0 amide bonds. The van der Waals surface area contributed by atoms with Crippen LogP contribution in [0.3, 0.4) is 0 Å². The lowest BCUT2D eigenvalue weighted by atomic mass is 10.0. The highest BCUT2D eigenvalue weighted by atomic mass is 16.5. The second-order valence-corrected chi connectivity index (χ2v) is 8.21. The van der Waals surface area contributed by atoms with Crippen molar-refractivity contribution in [3.05, 3.63) is 52.9 Å². The summed E-state index contributed by atoms with van der Waals surface area (Å²) in [5, 5.41) is 11.0. The predicted molar refractivity (Wildman–Crippen MR) is 114 cm³/mol. The molecule has 4 rings (SSSR count). The number of aliphatic hydroxyl groups excluding tert-OH is 1. The molecule has 0 bridgehead atoms. The van der Waals surface area contributed by atoms with Crippen molar-refractivity contribution in [3.8, 4) is 5.75 Å². The van der Waals surface area contributed by atoms with Crippen LogP contribution in [0.15, 0.2) is 41.2 Å². The lowest BCUT2D eigenvalue weighted by Gasteiger charge is -2.39. The first kappa shape index (κ1) is 20.1. The molecule has 29 heavy (non-hydrogen) atoms. The quantitative estimate of drug-likeness (QED) is 0.454. The molecule has 6 nitrogen and oxygen atoms in total. The lowest BCUT2D eigenvalue weighted by molar-refractivity contribution is -0.0386. The Kier molecular flexibility index (Phi) is 6.04. The third-order valence-electron chi connectivity index (χ3n) is 6.19. The third-order valence-corrected chi connectivity index (χ3v) is 6.19. The number of hydrogen-bond acceptors (Lipinski definition) is 6. The fourth-order valence-corrected chi connectivity index (χ4v) is 4.75. The average Bonchev–Trinajstić information content (AvgIpc) is 3.33. The van der Waals surface area contributed by atoms with Gasteiger partial charge in [0.2, 0.25) is 0 Å². The van der Waals surface area contributed by atoms with Crippen LogP contribution in [0.2, 0.25) is 0 Å². The molecule has 6 heteroatoms. The van der Waals surface area contributed by atoms with E-state index in [0.717, 1.165) is 62.7 Å². The van der Waals surface area contributed by atoms with Gasteiger partial charge in [0.1, 0.15) is 18.1 Å². The van der Waals surface area contributed by atoms with E-state index >= 15 is 0 Å². The number of hydrogen-bond donors (Lipinski definition) is 1. The number of aryl methyl sites for hydroxylation is 1. The summed E-state index contributed by atoms with van der Waals surface area (Å²) in [6, 6.07) is 4.55. The summed E-state index contributed by atoms with van der Waals surface area (Å²) >= 11 is 0. The Morgan fingerprint density at radius 2 is 2.24 bits per heavy atom. The Balaban J connectivity index is 1.37. The van der Waals surface area contributed by atoms with Gasteiger partial charge in [0.25, 0.3) is 0 Å². The Morgan fingerprint density at radius 3 is 3.07 bits per heavy atom. The Bertz CT molecular complexity index is 820. The number of allylic oxidation sites excluding steroid dienone is 3. The zero-order chi connectivity index (χ0) is 20.4. The highest BCUT2D eigenvalue weighted by molar-refractivity contribution is 5.46. The van der Waals surface area contributed by atoms with Crippen LogP contribution in [0, 0.1) is 6.92 Å². The van der Waals surface area contributed by atoms with Crippen LogP contribution in [-0.2, 0) is 11.2 Å². The van der Waals surface area contributed by atoms with E-state index in [1.165, 1.54) is 11.1 Å². The first-order valence-corrected chi connectivity index (χ1v) is 10.4. The minimum absolute atomic E-state index is 0.189. The number of aliphatic imine (C=N–C) groups is 1. The SMILES string of the molecule is C=N/C=C\C=C(/C)O[C@H]1CC2CN(C(O)c3cc(C)c4c(c3)OCC4)CCN2C1. The van der Waals surface area contributed by atoms with E-state index in [0.29, 0.717) is 6.04 Å². The number of rotatable bonds is 6. The summed E-state index contributed by atoms with van der Waals surface area (Å²) < 4.78 is 11.8. The summed E-state index contributed by atoms with van der Waals surface area (Å²) in [7, 11) is 0. The Hall–Kier alpha value is -2.15. The topological polar surface area (TPSA) is 57.5 Å². The molecular weight excluding hydrogens is 366 g/mol. The molecular formula is C23H31N3O3. The number of fused-ring (bicyclic) bond motifs is 2. The maximum absolute atomic E-state index is 11.0. The number of aliphatic hydroxyl groups is 1. The van der Waals surface area contributed by atoms with E-state index in [2.05, 4.69) is 34.5 Å². The molecule has 3 atom stereocenters. The standard InChI is InChI=1S/C23H31N3O3/c1-16-11-18(12-22-21(16)6-10-28-22)23(27)26-9-8-25-15-20(13-19(25)14-26)29-17(2)5-4-7-24-3/h4-5,7,11-12,19-20,23,27H,3,6,8-10,13-15H2,1-2H3/b7-4-,17-5+/t19?,20-,23?/m0/s1. The summed E-state index contributed by atoms with van der Waals surface area (Å²) in [6.07, 6.45) is 6.94. The zero-order valence-corrected chi connectivity index (χ0v) is 17.4. The third kappa shape index (κ3) is 4.39. The summed E-state index contributed by atoms with van der Waals surface area (Å²) in [4.78, 5) is 8.36. The van der Waals surface area contributed by atoms with Crippen LogP contribution in [0.4, 0.5) is 0 Å². The first-order valence-electron chi connectivity index (χ1n) is 10.4. The van der Waals surface area contributed by atoms with Gasteiger partial charge in [-0.3, -0.25) is 14.8 Å². The van der Waals surface area contributed by atoms with E-state index in [1.807, 2.05) is 25.1 Å². The normalized spacial score (nSPS) is 26.2. The molecule has 156 valence electrons. The number of piperazine rings is 1. The molecule has 3 aliphatic heterocycles. The fraction of sp³-hybridized carbons (Fsp3) is 0.522. The molecule has 0 aliphatic carbocycles. The predicted octanol–water partition coefficient (Wildman–Crippen LogP) is 2.81. The van der Waals surface area contributed by atoms with Crippen LogP contribution >= 0.6 is 0 Å². The molecule has 3 aliphatic rings. The smallest absolute Gasteiger partial charge is 0.133 e. The van der Waals surface area contributed by atoms with Crippen molar-refractivity contribution in [2.24, 2.45) is 4.99 Å². The largest absolute Gasteiger partial charge is 0.494 e. The maximum atomic E-state index is 11.0. The Labute approximate surface area is 173 Å². The van der Waals surface area contributed by atoms with E-state index in [1.54, 1.807) is 6.20 Å². The van der Waals surface area contributed by atoms with Gasteiger partial charge in [0.05, 0.1) is 12.4 Å². The molecule has 0 spiro atoms. The molecule has 2 fully saturated rings. The minimum atomic E-state index is -0.594. The monoisotopic (exact) mass is 397 g/mol. The number of ether oxygens (including phenoxy) is 2. The lowest BCUT2D eigenvalue weighted by Crippen LogP contribution is -2.51. The number of nitrogens with zero attached hydrogens (tertiary/aromatic N) is 3. The Morgan fingerprint density at radius 1 is 1.38 bits per heavy atom. The zero-order valence-electron chi connectivity index (χ0n) is 17.4. The van der Waals surface area contributed by atoms with Crippen molar-refractivity contribution >= 4 is 6.72 Å². The van der Waals surface area contributed by atoms with Gasteiger partial charge in [-0.15, -0.1) is 0 Å². The molecule has 2 saturated heterocycles. The molecule has 0 aromatic heterocycles. The van der Waals surface area contributed by atoms with Crippen molar-refractivity contribution in [1.82, 2.24) is 9.80 Å². The van der Waals surface area contributed by atoms with Gasteiger partial charge in [-0.1, -0.05) is 6.07 Å². The summed E-state index contributed by atoms with van der Waals surface area (Å²) in [5.41, 5.74) is 3.43. The van der Waals surface area contributed by atoms with Gasteiger partial charge in [-0.05, 0) is 49.9 Å². The second-order valence-electron chi connectivity index (χ2n) is 8.21. The molecule has 2 unspecified atom stereocenters. The van der Waals surface area contributed by atoms with Crippen molar-refractivity contribution in [2.75, 3.05) is 32.8 Å². The van der Waals surface area contributed by atoms with Gasteiger partial charge >= 0.3 is 0 Å². The van der Waals surface area contributed by atoms with Gasteiger partial charge in [-0.2, -0.15) is 0 Å². The van der Waals surface area contributed by atoms with Crippen LogP contribution in [0.5, 0.6) is 5.75 Å². The van der Waals surface area contributed by atoms with E-state index < -0.39 is 6.23 Å². The van der Waals surface area contributed by atoms with E-state index in [-0.39, 0.29) is 6.10 Å². The van der Waals surface area contributed by atoms with Crippen molar-refractivity contribution in [3.63, 3.8) is 0 Å². The molecule has 0 radical (unpaired) electrons. The van der Waals surface area contributed by atoms with Crippen molar-refractivity contribution in [2.45, 2.75) is 45.1 Å². The summed E-state index contributed by atoms with van der Waals surface area (Å²) in [6.45, 7) is 11.8. The molecule has 3 heterocycles. The minimum Gasteiger partial charge on any atom is -0.494 e. The van der Waals surface area contributed by atoms with Gasteiger partial charge in [0.15, 0.2) is 0 Å². The van der Waals surface area contributed by atoms with Crippen LogP contribution < -0.4 is 4.74 Å². The second kappa shape index (κ2) is 8.69.